The molecule has 1 aliphatic heterocycles. The number of hydrogen-bond acceptors (Lipinski definition) is 8. The quantitative estimate of drug-likeness (QED) is 0.420. The zero-order valence-electron chi connectivity index (χ0n) is 15.3. The van der Waals surface area contributed by atoms with E-state index >= 15 is 0 Å². The van der Waals surface area contributed by atoms with Gasteiger partial charge in [0, 0.05) is 23.5 Å². The minimum atomic E-state index is -1.35. The molecule has 0 radical (unpaired) electrons. The van der Waals surface area contributed by atoms with Crippen LogP contribution in [0.15, 0.2) is 46.8 Å². The molecule has 0 aliphatic carbocycles. The molecule has 28 heavy (non-hydrogen) atoms. The highest BCUT2D eigenvalue weighted by molar-refractivity contribution is 6.00. The van der Waals surface area contributed by atoms with Gasteiger partial charge >= 0.3 is 17.9 Å². The third kappa shape index (κ3) is 4.17. The topological polar surface area (TPSA) is 145 Å². The number of carbonyl (C=O) groups is 3. The predicted molar refractivity (Wildman–Crippen MR) is 95.0 cm³/mol. The van der Waals surface area contributed by atoms with Gasteiger partial charge in [-0.1, -0.05) is 12.1 Å². The maximum Gasteiger partial charge on any atom is 0.341 e. The Hall–Kier alpha value is -3.69. The SMILES string of the molecule is COC(=O)C1=C(C)NC(C)=C(C(=O)OCC(=O)O)C1c1cccc([N+](=O)[O-])c1. The highest BCUT2D eigenvalue weighted by Crippen LogP contribution is 2.40. The second-order valence-electron chi connectivity index (χ2n) is 5.95. The number of non-ortho nitro benzene ring substituents is 1. The fourth-order valence-corrected chi connectivity index (χ4v) is 3.00. The van der Waals surface area contributed by atoms with Crippen molar-refractivity contribution in [3.05, 3.63) is 62.5 Å². The number of benzene rings is 1. The van der Waals surface area contributed by atoms with E-state index in [9.17, 15) is 24.5 Å². The lowest BCUT2D eigenvalue weighted by Gasteiger charge is -2.30. The van der Waals surface area contributed by atoms with E-state index in [1.54, 1.807) is 13.8 Å². The van der Waals surface area contributed by atoms with Gasteiger partial charge in [-0.05, 0) is 19.4 Å². The molecule has 0 saturated carbocycles. The van der Waals surface area contributed by atoms with Gasteiger partial charge in [-0.3, -0.25) is 10.1 Å². The number of aliphatic carboxylic acids is 1. The summed E-state index contributed by atoms with van der Waals surface area (Å²) in [4.78, 5) is 46.3. The molecule has 1 aromatic rings. The van der Waals surface area contributed by atoms with Crippen LogP contribution in [0, 0.1) is 10.1 Å². The lowest BCUT2D eigenvalue weighted by Crippen LogP contribution is -2.32. The molecule has 1 aromatic carbocycles. The Labute approximate surface area is 159 Å². The van der Waals surface area contributed by atoms with Gasteiger partial charge in [0.05, 0.1) is 29.1 Å². The molecule has 0 saturated heterocycles. The maximum atomic E-state index is 12.6. The van der Waals surface area contributed by atoms with Crippen molar-refractivity contribution in [3.8, 4) is 0 Å². The lowest BCUT2D eigenvalue weighted by molar-refractivity contribution is -0.384. The molecule has 1 unspecified atom stereocenters. The van der Waals surface area contributed by atoms with Crippen LogP contribution in [0.2, 0.25) is 0 Å². The van der Waals surface area contributed by atoms with Gasteiger partial charge < -0.3 is 19.9 Å². The minimum Gasteiger partial charge on any atom is -0.479 e. The molecule has 0 fully saturated rings. The van der Waals surface area contributed by atoms with Crippen LogP contribution in [0.3, 0.4) is 0 Å². The summed E-state index contributed by atoms with van der Waals surface area (Å²) in [5.41, 5.74) is 0.821. The van der Waals surface area contributed by atoms with E-state index in [0.29, 0.717) is 11.4 Å². The standard InChI is InChI=1S/C18H18N2O8/c1-9-14(17(23)27-3)16(11-5-4-6-12(7-11)20(25)26)15(10(2)19-9)18(24)28-8-13(21)22/h4-7,16,19H,8H2,1-3H3,(H,21,22). The first-order valence-corrected chi connectivity index (χ1v) is 8.07. The molecular formula is C18H18N2O8. The van der Waals surface area contributed by atoms with Gasteiger partial charge in [0.25, 0.3) is 5.69 Å². The summed E-state index contributed by atoms with van der Waals surface area (Å²) in [6.45, 7) is 2.28. The molecule has 1 heterocycles. The third-order valence-corrected chi connectivity index (χ3v) is 4.13. The first-order chi connectivity index (χ1) is 13.2. The van der Waals surface area contributed by atoms with Crippen molar-refractivity contribution < 1.29 is 33.9 Å². The van der Waals surface area contributed by atoms with Crippen LogP contribution in [0.5, 0.6) is 0 Å². The summed E-state index contributed by atoms with van der Waals surface area (Å²) < 4.78 is 9.61. The molecule has 0 aromatic heterocycles. The molecule has 0 spiro atoms. The van der Waals surface area contributed by atoms with Crippen molar-refractivity contribution in [2.75, 3.05) is 13.7 Å². The van der Waals surface area contributed by atoms with E-state index in [4.69, 9.17) is 14.6 Å². The zero-order chi connectivity index (χ0) is 21.0. The molecule has 0 bridgehead atoms. The summed E-state index contributed by atoms with van der Waals surface area (Å²) in [7, 11) is 1.17. The zero-order valence-corrected chi connectivity index (χ0v) is 15.3. The number of nitrogens with zero attached hydrogens (tertiary/aromatic N) is 1. The number of dihydropyridines is 1. The maximum absolute atomic E-state index is 12.6. The van der Waals surface area contributed by atoms with Crippen molar-refractivity contribution >= 4 is 23.6 Å². The fraction of sp³-hybridized carbons (Fsp3) is 0.278. The van der Waals surface area contributed by atoms with Crippen LogP contribution in [-0.2, 0) is 23.9 Å². The summed E-state index contributed by atoms with van der Waals surface area (Å²) >= 11 is 0. The summed E-state index contributed by atoms with van der Waals surface area (Å²) in [5, 5.41) is 22.8. The summed E-state index contributed by atoms with van der Waals surface area (Å²) in [6, 6.07) is 5.47. The number of ether oxygens (including phenoxy) is 2. The van der Waals surface area contributed by atoms with Crippen molar-refractivity contribution in [2.24, 2.45) is 0 Å². The Balaban J connectivity index is 2.64. The van der Waals surface area contributed by atoms with E-state index in [0.717, 1.165) is 0 Å². The number of carbonyl (C=O) groups excluding carboxylic acids is 2. The molecule has 10 heteroatoms. The monoisotopic (exact) mass is 390 g/mol. The van der Waals surface area contributed by atoms with E-state index in [1.807, 2.05) is 0 Å². The molecule has 2 rings (SSSR count). The second-order valence-corrected chi connectivity index (χ2v) is 5.95. The Bertz CT molecular complexity index is 916. The summed E-state index contributed by atoms with van der Waals surface area (Å²) in [5.74, 6) is -4.08. The van der Waals surface area contributed by atoms with Gasteiger partial charge in [-0.25, -0.2) is 14.4 Å². The number of hydrogen-bond donors (Lipinski definition) is 2. The molecule has 0 amide bonds. The van der Waals surface area contributed by atoms with E-state index < -0.39 is 35.4 Å². The van der Waals surface area contributed by atoms with Gasteiger partial charge in [0.2, 0.25) is 0 Å². The van der Waals surface area contributed by atoms with Crippen LogP contribution in [0.1, 0.15) is 25.3 Å². The Kier molecular flexibility index (Phi) is 6.14. The van der Waals surface area contributed by atoms with Crippen molar-refractivity contribution in [2.45, 2.75) is 19.8 Å². The van der Waals surface area contributed by atoms with Gasteiger partial charge in [-0.15, -0.1) is 0 Å². The first kappa shape index (κ1) is 20.6. The molecule has 148 valence electrons. The highest BCUT2D eigenvalue weighted by Gasteiger charge is 2.38. The number of allylic oxidation sites excluding steroid dienone is 2. The largest absolute Gasteiger partial charge is 0.479 e. The van der Waals surface area contributed by atoms with Crippen LogP contribution in [0.4, 0.5) is 5.69 Å². The first-order valence-electron chi connectivity index (χ1n) is 8.07. The normalized spacial score (nSPS) is 16.3. The number of rotatable bonds is 6. The van der Waals surface area contributed by atoms with E-state index in [-0.39, 0.29) is 22.4 Å². The molecule has 2 N–H and O–H groups in total. The smallest absolute Gasteiger partial charge is 0.341 e. The minimum absolute atomic E-state index is 0.0345. The second kappa shape index (κ2) is 8.33. The fourth-order valence-electron chi connectivity index (χ4n) is 3.00. The van der Waals surface area contributed by atoms with Crippen LogP contribution < -0.4 is 5.32 Å². The predicted octanol–water partition coefficient (Wildman–Crippen LogP) is 1.63. The van der Waals surface area contributed by atoms with Crippen molar-refractivity contribution in [1.29, 1.82) is 0 Å². The number of carboxylic acids is 1. The highest BCUT2D eigenvalue weighted by atomic mass is 16.6. The number of methoxy groups -OCH3 is 1. The van der Waals surface area contributed by atoms with E-state index in [1.165, 1.54) is 31.4 Å². The lowest BCUT2D eigenvalue weighted by atomic mass is 9.80. The average Bonchev–Trinajstić information content (AvgIpc) is 2.65. The molecule has 10 nitrogen and oxygen atoms in total. The van der Waals surface area contributed by atoms with Gasteiger partial charge in [0.1, 0.15) is 0 Å². The Morgan fingerprint density at radius 3 is 2.32 bits per heavy atom. The van der Waals surface area contributed by atoms with Crippen molar-refractivity contribution in [1.82, 2.24) is 5.32 Å². The number of esters is 2. The van der Waals surface area contributed by atoms with Crippen LogP contribution in [-0.4, -0.2) is 41.7 Å². The van der Waals surface area contributed by atoms with Gasteiger partial charge in [0.15, 0.2) is 6.61 Å². The van der Waals surface area contributed by atoms with Crippen LogP contribution in [0.25, 0.3) is 0 Å². The number of nitrogens with one attached hydrogen (secondary N) is 1. The average molecular weight is 390 g/mol. The van der Waals surface area contributed by atoms with E-state index in [2.05, 4.69) is 5.32 Å². The summed E-state index contributed by atoms with van der Waals surface area (Å²) in [6.07, 6.45) is 0. The Morgan fingerprint density at radius 2 is 1.79 bits per heavy atom. The molecule has 1 atom stereocenters. The third-order valence-electron chi connectivity index (χ3n) is 4.13. The number of nitro groups is 1. The molecular weight excluding hydrogens is 372 g/mol. The molecule has 1 aliphatic rings. The van der Waals surface area contributed by atoms with Gasteiger partial charge in [-0.2, -0.15) is 0 Å². The van der Waals surface area contributed by atoms with Crippen LogP contribution >= 0.6 is 0 Å². The number of carboxylic acid groups (broad SMARTS) is 1. The Morgan fingerprint density at radius 1 is 1.18 bits per heavy atom. The van der Waals surface area contributed by atoms with Crippen molar-refractivity contribution in [3.63, 3.8) is 0 Å². The number of nitro benzene ring substituents is 1.